The van der Waals surface area contributed by atoms with Gasteiger partial charge in [0.2, 0.25) is 15.9 Å². The summed E-state index contributed by atoms with van der Waals surface area (Å²) in [6.45, 7) is 0. The molecule has 1 rings (SSSR count). The Kier molecular flexibility index (Phi) is 4.59. The Morgan fingerprint density at radius 3 is 2.82 bits per heavy atom. The Balaban J connectivity index is 2.76. The number of aromatic nitrogens is 1. The zero-order valence-electron chi connectivity index (χ0n) is 9.38. The number of pyridine rings is 1. The molecular formula is C10H14N3O3S. The van der Waals surface area contributed by atoms with Gasteiger partial charge in [-0.1, -0.05) is 0 Å². The molecule has 17 heavy (non-hydrogen) atoms. The van der Waals surface area contributed by atoms with Crippen molar-refractivity contribution in [1.29, 1.82) is 0 Å². The van der Waals surface area contributed by atoms with Gasteiger partial charge < -0.3 is 5.73 Å². The largest absolute Gasteiger partial charge is 0.370 e. The third-order valence-corrected chi connectivity index (χ3v) is 3.47. The molecule has 0 bridgehead atoms. The number of amides is 1. The molecule has 0 saturated carbocycles. The highest BCUT2D eigenvalue weighted by molar-refractivity contribution is 7.89. The first-order chi connectivity index (χ1) is 7.95. The van der Waals surface area contributed by atoms with E-state index < -0.39 is 15.9 Å². The van der Waals surface area contributed by atoms with Crippen molar-refractivity contribution in [3.05, 3.63) is 30.4 Å². The fraction of sp³-hybridized carbons (Fsp3) is 0.300. The Morgan fingerprint density at radius 2 is 2.24 bits per heavy atom. The summed E-state index contributed by atoms with van der Waals surface area (Å²) in [5.41, 5.74) is 5.64. The van der Waals surface area contributed by atoms with E-state index in [0.29, 0.717) is 12.0 Å². The molecule has 1 heterocycles. The van der Waals surface area contributed by atoms with Crippen LogP contribution in [0.15, 0.2) is 23.4 Å². The van der Waals surface area contributed by atoms with Crippen molar-refractivity contribution < 1.29 is 13.2 Å². The predicted molar refractivity (Wildman–Crippen MR) is 62.3 cm³/mol. The average Bonchev–Trinajstić information content (AvgIpc) is 2.29. The van der Waals surface area contributed by atoms with Crippen molar-refractivity contribution >= 4 is 15.9 Å². The van der Waals surface area contributed by atoms with Crippen LogP contribution in [0.2, 0.25) is 0 Å². The molecule has 0 aromatic carbocycles. The number of carbonyl (C=O) groups excluding carboxylic acids is 1. The summed E-state index contributed by atoms with van der Waals surface area (Å²) in [7, 11) is -2.15. The van der Waals surface area contributed by atoms with Gasteiger partial charge in [0.05, 0.1) is 0 Å². The number of carbonyl (C=O) groups is 1. The minimum atomic E-state index is -3.49. The van der Waals surface area contributed by atoms with Crippen LogP contribution in [0, 0.1) is 6.42 Å². The van der Waals surface area contributed by atoms with Crippen molar-refractivity contribution in [2.45, 2.75) is 17.7 Å². The van der Waals surface area contributed by atoms with Gasteiger partial charge >= 0.3 is 0 Å². The maximum atomic E-state index is 11.5. The molecular weight excluding hydrogens is 242 g/mol. The van der Waals surface area contributed by atoms with Crippen LogP contribution in [0.5, 0.6) is 0 Å². The van der Waals surface area contributed by atoms with Gasteiger partial charge in [-0.15, -0.1) is 0 Å². The maximum Gasteiger partial charge on any atom is 0.241 e. The minimum absolute atomic E-state index is 0.0906. The second-order valence-electron chi connectivity index (χ2n) is 3.37. The van der Waals surface area contributed by atoms with Crippen LogP contribution in [0.25, 0.3) is 0 Å². The van der Waals surface area contributed by atoms with Gasteiger partial charge in [0.25, 0.3) is 0 Å². The fourth-order valence-corrected chi connectivity index (χ4v) is 1.92. The van der Waals surface area contributed by atoms with Gasteiger partial charge in [0.1, 0.15) is 4.90 Å². The molecule has 0 atom stereocenters. The van der Waals surface area contributed by atoms with E-state index in [1.54, 1.807) is 6.42 Å². The third kappa shape index (κ3) is 4.12. The van der Waals surface area contributed by atoms with Gasteiger partial charge in [-0.3, -0.25) is 9.78 Å². The molecule has 3 N–H and O–H groups in total. The number of sulfonamides is 1. The van der Waals surface area contributed by atoms with Gasteiger partial charge in [-0.2, -0.15) is 0 Å². The van der Waals surface area contributed by atoms with Crippen molar-refractivity contribution in [2.75, 3.05) is 7.05 Å². The first kappa shape index (κ1) is 13.6. The number of nitrogens with two attached hydrogens (primary N) is 1. The molecule has 1 amide bonds. The highest BCUT2D eigenvalue weighted by Gasteiger charge is 2.12. The fourth-order valence-electron chi connectivity index (χ4n) is 1.19. The molecule has 0 unspecified atom stereocenters. The van der Waals surface area contributed by atoms with Crippen LogP contribution in [0.3, 0.4) is 0 Å². The number of nitrogens with zero attached hydrogens (tertiary/aromatic N) is 1. The molecule has 0 spiro atoms. The molecule has 93 valence electrons. The first-order valence-electron chi connectivity index (χ1n) is 4.96. The van der Waals surface area contributed by atoms with E-state index in [9.17, 15) is 13.2 Å². The lowest BCUT2D eigenvalue weighted by atomic mass is 10.1. The van der Waals surface area contributed by atoms with Crippen LogP contribution in [-0.2, 0) is 14.8 Å². The number of hydrogen-bond acceptors (Lipinski definition) is 4. The zero-order valence-corrected chi connectivity index (χ0v) is 10.2. The van der Waals surface area contributed by atoms with Gasteiger partial charge in [-0.05, 0) is 31.5 Å². The van der Waals surface area contributed by atoms with E-state index >= 15 is 0 Å². The van der Waals surface area contributed by atoms with Crippen molar-refractivity contribution in [3.8, 4) is 0 Å². The number of hydrogen-bond donors (Lipinski definition) is 2. The average molecular weight is 256 g/mol. The first-order valence-corrected chi connectivity index (χ1v) is 6.44. The van der Waals surface area contributed by atoms with E-state index in [-0.39, 0.29) is 11.3 Å². The van der Waals surface area contributed by atoms with E-state index in [0.717, 1.165) is 0 Å². The SMILES string of the molecule is CNS(=O)(=O)c1cncc([CH]CCC(N)=O)c1. The van der Waals surface area contributed by atoms with Crippen LogP contribution in [-0.4, -0.2) is 26.4 Å². The Hall–Kier alpha value is -1.47. The normalized spacial score (nSPS) is 11.4. The zero-order chi connectivity index (χ0) is 12.9. The minimum Gasteiger partial charge on any atom is -0.370 e. The topological polar surface area (TPSA) is 102 Å². The van der Waals surface area contributed by atoms with Gasteiger partial charge in [-0.25, -0.2) is 13.1 Å². The van der Waals surface area contributed by atoms with Crippen molar-refractivity contribution in [1.82, 2.24) is 9.71 Å². The van der Waals surface area contributed by atoms with Gasteiger partial charge in [0.15, 0.2) is 0 Å². The highest BCUT2D eigenvalue weighted by atomic mass is 32.2. The lowest BCUT2D eigenvalue weighted by molar-refractivity contribution is -0.117. The second-order valence-corrected chi connectivity index (χ2v) is 5.26. The summed E-state index contributed by atoms with van der Waals surface area (Å²) in [6, 6.07) is 1.49. The molecule has 0 aliphatic carbocycles. The standard InChI is InChI=1S/C10H14N3O3S/c1-12-17(15,16)9-5-8(6-13-7-9)3-2-4-10(11)14/h3,5-7,12H,2,4H2,1H3,(H2,11,14). The summed E-state index contributed by atoms with van der Waals surface area (Å²) < 4.78 is 25.2. The summed E-state index contributed by atoms with van der Waals surface area (Å²) in [4.78, 5) is 14.5. The van der Waals surface area contributed by atoms with Crippen molar-refractivity contribution in [2.24, 2.45) is 5.73 Å². The van der Waals surface area contributed by atoms with Crippen molar-refractivity contribution in [3.63, 3.8) is 0 Å². The molecule has 7 heteroatoms. The van der Waals surface area contributed by atoms with Crippen LogP contribution in [0.4, 0.5) is 0 Å². The Bertz CT molecular complexity index is 499. The molecule has 0 aliphatic rings. The number of rotatable bonds is 6. The predicted octanol–water partition coefficient (Wildman–Crippen LogP) is -0.192. The molecule has 1 radical (unpaired) electrons. The quantitative estimate of drug-likeness (QED) is 0.736. The Morgan fingerprint density at radius 1 is 1.53 bits per heavy atom. The van der Waals surface area contributed by atoms with E-state index in [1.165, 1.54) is 25.5 Å². The van der Waals surface area contributed by atoms with E-state index in [4.69, 9.17) is 5.73 Å². The number of nitrogens with one attached hydrogen (secondary N) is 1. The van der Waals surface area contributed by atoms with E-state index in [2.05, 4.69) is 9.71 Å². The molecule has 1 aromatic heterocycles. The summed E-state index contributed by atoms with van der Waals surface area (Å²) in [5.74, 6) is -0.395. The summed E-state index contributed by atoms with van der Waals surface area (Å²) in [5, 5.41) is 0. The Labute approximate surface area is 100 Å². The van der Waals surface area contributed by atoms with Gasteiger partial charge in [0, 0.05) is 18.8 Å². The summed E-state index contributed by atoms with van der Waals surface area (Å²) in [6.07, 6.45) is 5.18. The van der Waals surface area contributed by atoms with Crippen LogP contribution in [0.1, 0.15) is 18.4 Å². The van der Waals surface area contributed by atoms with E-state index in [1.807, 2.05) is 0 Å². The molecule has 0 fully saturated rings. The molecule has 1 aromatic rings. The molecule has 6 nitrogen and oxygen atoms in total. The summed E-state index contributed by atoms with van der Waals surface area (Å²) >= 11 is 0. The maximum absolute atomic E-state index is 11.5. The van der Waals surface area contributed by atoms with Crippen LogP contribution >= 0.6 is 0 Å². The highest BCUT2D eigenvalue weighted by Crippen LogP contribution is 2.12. The van der Waals surface area contributed by atoms with Crippen LogP contribution < -0.4 is 10.5 Å². The smallest absolute Gasteiger partial charge is 0.241 e. The monoisotopic (exact) mass is 256 g/mol. The molecule has 0 aliphatic heterocycles. The second kappa shape index (κ2) is 5.74. The lowest BCUT2D eigenvalue weighted by Crippen LogP contribution is -2.18. The molecule has 0 saturated heterocycles. The lowest BCUT2D eigenvalue weighted by Gasteiger charge is -2.04. The number of primary amides is 1. The third-order valence-electron chi connectivity index (χ3n) is 2.08.